The van der Waals surface area contributed by atoms with Crippen LogP contribution in [-0.4, -0.2) is 60.2 Å². The number of benzene rings is 2. The van der Waals surface area contributed by atoms with Gasteiger partial charge in [0.15, 0.2) is 5.16 Å². The average molecular weight is 702 g/mol. The van der Waals surface area contributed by atoms with Crippen molar-refractivity contribution in [3.63, 3.8) is 0 Å². The quantitative estimate of drug-likeness (QED) is 0.0900. The number of carbonyl (C=O) groups excluding carboxylic acids is 1. The van der Waals surface area contributed by atoms with E-state index in [0.29, 0.717) is 29.9 Å². The van der Waals surface area contributed by atoms with Crippen LogP contribution in [0.5, 0.6) is 5.75 Å². The topological polar surface area (TPSA) is 73.8 Å². The number of allylic oxidation sites excluding steroid dienone is 1. The van der Waals surface area contributed by atoms with Gasteiger partial charge in [-0.15, -0.1) is 0 Å². The summed E-state index contributed by atoms with van der Waals surface area (Å²) in [7, 11) is 1.87. The third kappa shape index (κ3) is 7.52. The third-order valence-electron chi connectivity index (χ3n) is 10.8. The van der Waals surface area contributed by atoms with Crippen molar-refractivity contribution < 1.29 is 19.0 Å². The molecule has 2 aromatic carbocycles. The molecule has 1 aromatic heterocycles. The lowest BCUT2D eigenvalue weighted by Gasteiger charge is -2.48. The van der Waals surface area contributed by atoms with Crippen LogP contribution in [0.15, 0.2) is 71.7 Å². The normalized spacial score (nSPS) is 25.1. The standard InChI is InChI=1S/C40H48ClN3O4S/c1-39(2,3)48-37(45)28-9-13-35-34(22-28)44(24-40(25-47-35)15-5-7-27-21-31(41)10-12-33(27)40)23-29-8-11-32(29)36(46-4)30-19-26(20-30)14-18-49-38-42-16-6-17-43-38/h6,9-10,12-13,16-17,19,21-22,26,29,32,36H,5,7-8,11,14-15,18,20,23-25H2,1-4H3/t26?,29-,32+,36-,40-/m0/s1. The molecule has 3 aliphatic carbocycles. The number of fused-ring (bicyclic) bond motifs is 3. The molecule has 49 heavy (non-hydrogen) atoms. The van der Waals surface area contributed by atoms with Crippen molar-refractivity contribution in [1.82, 2.24) is 9.97 Å². The molecule has 260 valence electrons. The Kier molecular flexibility index (Phi) is 10.0. The van der Waals surface area contributed by atoms with Gasteiger partial charge in [-0.05, 0) is 137 Å². The molecule has 9 heteroatoms. The summed E-state index contributed by atoms with van der Waals surface area (Å²) in [6.45, 7) is 8.01. The highest BCUT2D eigenvalue weighted by molar-refractivity contribution is 7.99. The van der Waals surface area contributed by atoms with Crippen LogP contribution in [-0.2, 0) is 21.3 Å². The molecule has 0 amide bonds. The zero-order valence-electron chi connectivity index (χ0n) is 29.1. The largest absolute Gasteiger partial charge is 0.490 e. The SMILES string of the molecule is CO[C@@H](C1=CC(CCSc2ncccn2)C1)[C@@H]1CC[C@H]1CN1C[C@@]2(CCCc3cc(Cl)ccc32)COc2ccc(C(=O)OC(C)(C)C)cc21. The maximum atomic E-state index is 13.3. The Labute approximate surface area is 300 Å². The minimum Gasteiger partial charge on any atom is -0.490 e. The molecular formula is C40H48ClN3O4S. The number of methoxy groups -OCH3 is 1. The Hall–Kier alpha value is -3.07. The molecule has 0 bridgehead atoms. The van der Waals surface area contributed by atoms with E-state index in [9.17, 15) is 4.79 Å². The van der Waals surface area contributed by atoms with E-state index < -0.39 is 5.60 Å². The van der Waals surface area contributed by atoms with Crippen molar-refractivity contribution in [3.05, 3.63) is 88.2 Å². The van der Waals surface area contributed by atoms with E-state index >= 15 is 0 Å². The van der Waals surface area contributed by atoms with Gasteiger partial charge >= 0.3 is 5.97 Å². The van der Waals surface area contributed by atoms with E-state index in [4.69, 9.17) is 25.8 Å². The summed E-state index contributed by atoms with van der Waals surface area (Å²) in [4.78, 5) is 24.5. The number of nitrogens with zero attached hydrogens (tertiary/aromatic N) is 3. The number of hydrogen-bond acceptors (Lipinski definition) is 8. The van der Waals surface area contributed by atoms with Crippen molar-refractivity contribution in [2.24, 2.45) is 17.8 Å². The smallest absolute Gasteiger partial charge is 0.338 e. The van der Waals surface area contributed by atoms with Crippen molar-refractivity contribution in [1.29, 1.82) is 0 Å². The fourth-order valence-electron chi connectivity index (χ4n) is 8.31. The van der Waals surface area contributed by atoms with Gasteiger partial charge < -0.3 is 19.1 Å². The van der Waals surface area contributed by atoms with Crippen molar-refractivity contribution in [3.8, 4) is 5.75 Å². The molecule has 7 rings (SSSR count). The Bertz CT molecular complexity index is 1690. The second kappa shape index (κ2) is 14.3. The second-order valence-electron chi connectivity index (χ2n) is 15.3. The number of hydrogen-bond donors (Lipinski definition) is 0. The first-order chi connectivity index (χ1) is 23.6. The maximum absolute atomic E-state index is 13.3. The molecule has 7 nitrogen and oxygen atoms in total. The summed E-state index contributed by atoms with van der Waals surface area (Å²) in [5, 5.41) is 1.63. The maximum Gasteiger partial charge on any atom is 0.338 e. The monoisotopic (exact) mass is 701 g/mol. The Morgan fingerprint density at radius 2 is 1.98 bits per heavy atom. The molecular weight excluding hydrogens is 654 g/mol. The number of anilines is 1. The number of ether oxygens (including phenoxy) is 3. The molecule has 1 fully saturated rings. The van der Waals surface area contributed by atoms with Crippen LogP contribution in [0.25, 0.3) is 0 Å². The van der Waals surface area contributed by atoms with E-state index in [1.807, 2.05) is 58.2 Å². The predicted molar refractivity (Wildman–Crippen MR) is 196 cm³/mol. The molecule has 1 saturated carbocycles. The lowest BCUT2D eigenvalue weighted by molar-refractivity contribution is 0.000517. The minimum atomic E-state index is -0.574. The Morgan fingerprint density at radius 1 is 1.16 bits per heavy atom. The van der Waals surface area contributed by atoms with Gasteiger partial charge in [0.2, 0.25) is 0 Å². The van der Waals surface area contributed by atoms with E-state index in [0.717, 1.165) is 85.4 Å². The predicted octanol–water partition coefficient (Wildman–Crippen LogP) is 8.73. The van der Waals surface area contributed by atoms with Crippen LogP contribution < -0.4 is 9.64 Å². The number of aryl methyl sites for hydroxylation is 1. The third-order valence-corrected chi connectivity index (χ3v) is 12.0. The van der Waals surface area contributed by atoms with Crippen molar-refractivity contribution in [2.45, 2.75) is 88.0 Å². The summed E-state index contributed by atoms with van der Waals surface area (Å²) in [5.41, 5.74) is 4.90. The highest BCUT2D eigenvalue weighted by Gasteiger charge is 2.45. The summed E-state index contributed by atoms with van der Waals surface area (Å²) in [6.07, 6.45) is 13.9. The first kappa shape index (κ1) is 34.4. The summed E-state index contributed by atoms with van der Waals surface area (Å²) >= 11 is 8.21. The molecule has 2 heterocycles. The van der Waals surface area contributed by atoms with Crippen molar-refractivity contribution in [2.75, 3.05) is 37.5 Å². The first-order valence-electron chi connectivity index (χ1n) is 17.8. The molecule has 3 aromatic rings. The first-order valence-corrected chi connectivity index (χ1v) is 19.1. The van der Waals surface area contributed by atoms with Gasteiger partial charge in [0.05, 0.1) is 24.0 Å². The molecule has 5 atom stereocenters. The van der Waals surface area contributed by atoms with E-state index in [1.54, 1.807) is 24.2 Å². The van der Waals surface area contributed by atoms with Crippen LogP contribution >= 0.6 is 23.4 Å². The van der Waals surface area contributed by atoms with Gasteiger partial charge in [0.25, 0.3) is 0 Å². The molecule has 1 spiro atoms. The Morgan fingerprint density at radius 3 is 2.71 bits per heavy atom. The zero-order valence-corrected chi connectivity index (χ0v) is 30.7. The van der Waals surface area contributed by atoms with Crippen molar-refractivity contribution >= 4 is 35.0 Å². The number of halogens is 1. The zero-order chi connectivity index (χ0) is 34.2. The molecule has 4 aliphatic rings. The van der Waals surface area contributed by atoms with Gasteiger partial charge in [-0.1, -0.05) is 35.5 Å². The number of rotatable bonds is 10. The number of aromatic nitrogens is 2. The van der Waals surface area contributed by atoms with Crippen LogP contribution in [0, 0.1) is 17.8 Å². The highest BCUT2D eigenvalue weighted by Crippen LogP contribution is 2.49. The van der Waals surface area contributed by atoms with Gasteiger partial charge in [-0.2, -0.15) is 0 Å². The fourth-order valence-corrected chi connectivity index (χ4v) is 9.38. The second-order valence-corrected chi connectivity index (χ2v) is 16.8. The number of thioether (sulfide) groups is 1. The van der Waals surface area contributed by atoms with Gasteiger partial charge in [-0.25, -0.2) is 14.8 Å². The van der Waals surface area contributed by atoms with E-state index in [1.165, 1.54) is 16.7 Å². The summed E-state index contributed by atoms with van der Waals surface area (Å²) < 4.78 is 18.7. The van der Waals surface area contributed by atoms with E-state index in [-0.39, 0.29) is 17.5 Å². The van der Waals surface area contributed by atoms with Gasteiger partial charge in [0.1, 0.15) is 11.4 Å². The van der Waals surface area contributed by atoms with Crippen LogP contribution in [0.3, 0.4) is 0 Å². The molecule has 1 unspecified atom stereocenters. The fraction of sp³-hybridized carbons (Fsp3) is 0.525. The summed E-state index contributed by atoms with van der Waals surface area (Å²) in [6, 6.07) is 14.0. The Balaban J connectivity index is 1.11. The lowest BCUT2D eigenvalue weighted by Crippen LogP contribution is -2.50. The molecule has 0 saturated heterocycles. The van der Waals surface area contributed by atoms with Crippen LogP contribution in [0.2, 0.25) is 5.02 Å². The molecule has 0 radical (unpaired) electrons. The van der Waals surface area contributed by atoms with E-state index in [2.05, 4.69) is 33.1 Å². The van der Waals surface area contributed by atoms with Gasteiger partial charge in [-0.3, -0.25) is 0 Å². The van der Waals surface area contributed by atoms with Crippen LogP contribution in [0.1, 0.15) is 80.8 Å². The molecule has 1 aliphatic heterocycles. The number of esters is 1. The average Bonchev–Trinajstić information content (AvgIpc) is 3.19. The van der Waals surface area contributed by atoms with Crippen LogP contribution in [0.4, 0.5) is 5.69 Å². The highest BCUT2D eigenvalue weighted by atomic mass is 35.5. The van der Waals surface area contributed by atoms with Gasteiger partial charge in [0, 0.05) is 48.8 Å². The lowest BCUT2D eigenvalue weighted by atomic mass is 9.65. The number of carbonyl (C=O) groups is 1. The molecule has 0 N–H and O–H groups in total. The minimum absolute atomic E-state index is 0.141. The summed E-state index contributed by atoms with van der Waals surface area (Å²) in [5.74, 6) is 3.04.